The van der Waals surface area contributed by atoms with Gasteiger partial charge in [0.25, 0.3) is 0 Å². The van der Waals surface area contributed by atoms with E-state index in [-0.39, 0.29) is 18.0 Å². The van der Waals surface area contributed by atoms with E-state index in [4.69, 9.17) is 9.47 Å². The average molecular weight is 415 g/mol. The molecule has 2 fully saturated rings. The molecule has 0 unspecified atom stereocenters. The zero-order chi connectivity index (χ0) is 20.4. The van der Waals surface area contributed by atoms with Crippen LogP contribution in [0, 0.1) is 12.8 Å². The van der Waals surface area contributed by atoms with Gasteiger partial charge in [-0.15, -0.1) is 11.3 Å². The summed E-state index contributed by atoms with van der Waals surface area (Å²) in [6.45, 7) is 3.69. The number of nitrogens with zero attached hydrogens (tertiary/aromatic N) is 1. The van der Waals surface area contributed by atoms with Crippen LogP contribution in [0.25, 0.3) is 0 Å². The third-order valence-corrected chi connectivity index (χ3v) is 7.01. The minimum absolute atomic E-state index is 0.111. The molecule has 2 heterocycles. The third kappa shape index (κ3) is 4.43. The normalized spacial score (nSPS) is 21.8. The van der Waals surface area contributed by atoms with Gasteiger partial charge in [-0.05, 0) is 50.8 Å². The van der Waals surface area contributed by atoms with Gasteiger partial charge in [0.2, 0.25) is 5.91 Å². The molecule has 29 heavy (non-hydrogen) atoms. The Labute approximate surface area is 177 Å². The first-order chi connectivity index (χ1) is 14.1. The number of rotatable bonds is 7. The Balaban J connectivity index is 1.55. The van der Waals surface area contributed by atoms with Gasteiger partial charge in [-0.2, -0.15) is 0 Å². The van der Waals surface area contributed by atoms with Gasteiger partial charge in [-0.3, -0.25) is 4.79 Å². The Morgan fingerprint density at radius 1 is 1.17 bits per heavy atom. The molecule has 6 heteroatoms. The number of benzene rings is 1. The Bertz CT molecular complexity index is 862. The number of methoxy groups -OCH3 is 2. The van der Waals surface area contributed by atoms with Crippen molar-refractivity contribution in [3.05, 3.63) is 45.6 Å². The summed E-state index contributed by atoms with van der Waals surface area (Å²) in [5.41, 5.74) is 1.10. The lowest BCUT2D eigenvalue weighted by Crippen LogP contribution is -2.50. The fourth-order valence-electron chi connectivity index (χ4n) is 4.22. The number of aryl methyl sites for hydroxylation is 1. The molecular weight excluding hydrogens is 384 g/mol. The molecule has 0 radical (unpaired) electrons. The summed E-state index contributed by atoms with van der Waals surface area (Å²) in [5.74, 6) is 2.20. The molecule has 5 nitrogen and oxygen atoms in total. The van der Waals surface area contributed by atoms with E-state index in [2.05, 4.69) is 29.3 Å². The maximum Gasteiger partial charge on any atom is 0.226 e. The van der Waals surface area contributed by atoms with Crippen LogP contribution in [0.2, 0.25) is 0 Å². The minimum atomic E-state index is 0.111. The molecule has 1 saturated heterocycles. The summed E-state index contributed by atoms with van der Waals surface area (Å²) in [4.78, 5) is 17.7. The van der Waals surface area contributed by atoms with Crippen LogP contribution in [0.4, 0.5) is 0 Å². The van der Waals surface area contributed by atoms with E-state index in [9.17, 15) is 4.79 Å². The fraction of sp³-hybridized carbons (Fsp3) is 0.522. The molecule has 1 amide bonds. The summed E-state index contributed by atoms with van der Waals surface area (Å²) in [7, 11) is 3.35. The highest BCUT2D eigenvalue weighted by Gasteiger charge is 2.41. The van der Waals surface area contributed by atoms with Gasteiger partial charge in [0.1, 0.15) is 11.5 Å². The lowest BCUT2D eigenvalue weighted by molar-refractivity contribution is -0.137. The van der Waals surface area contributed by atoms with E-state index < -0.39 is 0 Å². The van der Waals surface area contributed by atoms with Crippen LogP contribution >= 0.6 is 11.3 Å². The quantitative estimate of drug-likeness (QED) is 0.734. The van der Waals surface area contributed by atoms with Crippen molar-refractivity contribution in [2.24, 2.45) is 5.92 Å². The zero-order valence-electron chi connectivity index (χ0n) is 17.4. The minimum Gasteiger partial charge on any atom is -0.497 e. The number of hydrogen-bond donors (Lipinski definition) is 1. The van der Waals surface area contributed by atoms with Gasteiger partial charge in [0.15, 0.2) is 0 Å². The van der Waals surface area contributed by atoms with E-state index in [0.717, 1.165) is 49.3 Å². The monoisotopic (exact) mass is 414 g/mol. The molecule has 2 atom stereocenters. The highest BCUT2D eigenvalue weighted by molar-refractivity contribution is 7.12. The Kier molecular flexibility index (Phi) is 6.11. The molecule has 2 aromatic rings. The van der Waals surface area contributed by atoms with Crippen molar-refractivity contribution >= 4 is 17.2 Å². The van der Waals surface area contributed by atoms with Crippen molar-refractivity contribution in [3.8, 4) is 11.5 Å². The number of hydrogen-bond acceptors (Lipinski definition) is 5. The second kappa shape index (κ2) is 8.76. The van der Waals surface area contributed by atoms with Crippen molar-refractivity contribution in [1.82, 2.24) is 10.2 Å². The summed E-state index contributed by atoms with van der Waals surface area (Å²) in [6, 6.07) is 10.6. The first-order valence-electron chi connectivity index (χ1n) is 10.4. The van der Waals surface area contributed by atoms with Crippen LogP contribution in [0.3, 0.4) is 0 Å². The van der Waals surface area contributed by atoms with Crippen molar-refractivity contribution in [2.45, 2.75) is 51.2 Å². The van der Waals surface area contributed by atoms with Gasteiger partial charge in [-0.1, -0.05) is 6.07 Å². The average Bonchev–Trinajstić information content (AvgIpc) is 3.52. The highest BCUT2D eigenvalue weighted by atomic mass is 32.1. The summed E-state index contributed by atoms with van der Waals surface area (Å²) >= 11 is 1.81. The van der Waals surface area contributed by atoms with Gasteiger partial charge in [-0.25, -0.2) is 0 Å². The number of thiophene rings is 1. The predicted octanol–water partition coefficient (Wildman–Crippen LogP) is 4.31. The number of nitrogens with one attached hydrogen (secondary N) is 1. The van der Waals surface area contributed by atoms with Crippen LogP contribution in [0.5, 0.6) is 11.5 Å². The first-order valence-corrected chi connectivity index (χ1v) is 11.2. The number of ether oxygens (including phenoxy) is 2. The van der Waals surface area contributed by atoms with E-state index in [1.165, 1.54) is 9.75 Å². The van der Waals surface area contributed by atoms with Crippen molar-refractivity contribution in [3.63, 3.8) is 0 Å². The first kappa shape index (κ1) is 20.2. The molecule has 1 saturated carbocycles. The van der Waals surface area contributed by atoms with Crippen LogP contribution in [0.1, 0.15) is 47.0 Å². The number of piperidine rings is 1. The van der Waals surface area contributed by atoms with Crippen LogP contribution < -0.4 is 14.8 Å². The third-order valence-electron chi connectivity index (χ3n) is 5.94. The lowest BCUT2D eigenvalue weighted by atomic mass is 9.93. The maximum absolute atomic E-state index is 13.0. The number of carbonyl (C=O) groups is 1. The topological polar surface area (TPSA) is 50.8 Å². The van der Waals surface area contributed by atoms with Crippen LogP contribution in [0.15, 0.2) is 30.3 Å². The van der Waals surface area contributed by atoms with E-state index in [1.807, 2.05) is 29.5 Å². The molecule has 0 bridgehead atoms. The molecule has 156 valence electrons. The zero-order valence-corrected chi connectivity index (χ0v) is 18.3. The largest absolute Gasteiger partial charge is 0.497 e. The number of carbonyl (C=O) groups excluding carboxylic acids is 1. The predicted molar refractivity (Wildman–Crippen MR) is 116 cm³/mol. The second-order valence-corrected chi connectivity index (χ2v) is 9.33. The highest BCUT2D eigenvalue weighted by Crippen LogP contribution is 2.40. The number of amides is 1. The Hall–Kier alpha value is -2.05. The molecule has 1 aliphatic heterocycles. The molecule has 4 rings (SSSR count). The van der Waals surface area contributed by atoms with Gasteiger partial charge in [0.05, 0.1) is 20.3 Å². The van der Waals surface area contributed by atoms with Crippen molar-refractivity contribution < 1.29 is 14.3 Å². The van der Waals surface area contributed by atoms with Gasteiger partial charge in [0, 0.05) is 46.4 Å². The molecule has 1 N–H and O–H groups in total. The molecule has 1 aliphatic carbocycles. The van der Waals surface area contributed by atoms with E-state index in [1.54, 1.807) is 14.2 Å². The second-order valence-electron chi connectivity index (χ2n) is 8.01. The molecular formula is C23H30N2O3S. The summed E-state index contributed by atoms with van der Waals surface area (Å²) < 4.78 is 10.9. The van der Waals surface area contributed by atoms with Gasteiger partial charge >= 0.3 is 0 Å². The smallest absolute Gasteiger partial charge is 0.226 e. The Morgan fingerprint density at radius 2 is 2.00 bits per heavy atom. The molecule has 1 aromatic carbocycles. The molecule has 1 aromatic heterocycles. The van der Waals surface area contributed by atoms with Crippen LogP contribution in [-0.2, 0) is 11.3 Å². The SMILES string of the molecule is COc1ccc(CN[C@@H]2CCCN(C(=O)C3CC3)[C@H]2c2ccc(C)s2)c(OC)c1. The van der Waals surface area contributed by atoms with E-state index >= 15 is 0 Å². The molecule has 2 aliphatic rings. The number of likely N-dealkylation sites (tertiary alicyclic amines) is 1. The summed E-state index contributed by atoms with van der Waals surface area (Å²) in [5, 5.41) is 3.74. The standard InChI is InChI=1S/C23H30N2O3S/c1-15-6-11-21(29-15)22-19(5-4-12-25(22)23(26)16-7-8-16)24-14-17-9-10-18(27-2)13-20(17)28-3/h6,9-11,13,16,19,22,24H,4-5,7-8,12,14H2,1-3H3/t19-,22-/m1/s1. The van der Waals surface area contributed by atoms with Gasteiger partial charge < -0.3 is 19.7 Å². The summed E-state index contributed by atoms with van der Waals surface area (Å²) in [6.07, 6.45) is 4.20. The lowest BCUT2D eigenvalue weighted by Gasteiger charge is -2.41. The fourth-order valence-corrected chi connectivity index (χ4v) is 5.28. The van der Waals surface area contributed by atoms with Crippen molar-refractivity contribution in [1.29, 1.82) is 0 Å². The van der Waals surface area contributed by atoms with Crippen LogP contribution in [-0.4, -0.2) is 37.6 Å². The molecule has 0 spiro atoms. The van der Waals surface area contributed by atoms with E-state index in [0.29, 0.717) is 12.5 Å². The Morgan fingerprint density at radius 3 is 2.66 bits per heavy atom. The maximum atomic E-state index is 13.0. The van der Waals surface area contributed by atoms with Crippen molar-refractivity contribution in [2.75, 3.05) is 20.8 Å².